The lowest BCUT2D eigenvalue weighted by molar-refractivity contribution is -0.140. The Morgan fingerprint density at radius 2 is 1.72 bits per heavy atom. The van der Waals surface area contributed by atoms with E-state index in [9.17, 15) is 22.4 Å². The lowest BCUT2D eigenvalue weighted by Crippen LogP contribution is -2.50. The number of halogens is 1. The second-order valence-electron chi connectivity index (χ2n) is 8.40. The Kier molecular flexibility index (Phi) is 6.64. The molecule has 2 aromatic rings. The minimum Gasteiger partial charge on any atom is -0.450 e. The highest BCUT2D eigenvalue weighted by molar-refractivity contribution is 7.91. The number of amides is 1. The Bertz CT molecular complexity index is 1070. The molecule has 7 nitrogen and oxygen atoms in total. The molecule has 2 aliphatic rings. The summed E-state index contributed by atoms with van der Waals surface area (Å²) in [5.74, 6) is -1.19. The molecule has 172 valence electrons. The van der Waals surface area contributed by atoms with Crippen molar-refractivity contribution in [2.45, 2.75) is 50.6 Å². The van der Waals surface area contributed by atoms with E-state index in [-0.39, 0.29) is 41.1 Å². The van der Waals surface area contributed by atoms with E-state index in [2.05, 4.69) is 0 Å². The number of esters is 1. The molecule has 1 atom stereocenters. The maximum atomic E-state index is 13.1. The summed E-state index contributed by atoms with van der Waals surface area (Å²) in [5, 5.41) is 0. The average Bonchev–Trinajstić information content (AvgIpc) is 3.40. The number of sulfone groups is 1. The summed E-state index contributed by atoms with van der Waals surface area (Å²) in [6, 6.07) is 8.26. The Labute approximate surface area is 186 Å². The highest BCUT2D eigenvalue weighted by atomic mass is 32.2. The summed E-state index contributed by atoms with van der Waals surface area (Å²) in [7, 11) is -3.15. The van der Waals surface area contributed by atoms with Gasteiger partial charge in [0.1, 0.15) is 11.6 Å². The maximum Gasteiger partial charge on any atom is 0.374 e. The summed E-state index contributed by atoms with van der Waals surface area (Å²) in [5.41, 5.74) is 0.604. The molecule has 0 radical (unpaired) electrons. The third-order valence-corrected chi connectivity index (χ3v) is 7.87. The van der Waals surface area contributed by atoms with Gasteiger partial charge in [0.25, 0.3) is 5.91 Å². The van der Waals surface area contributed by atoms with Gasteiger partial charge in [0, 0.05) is 17.6 Å². The zero-order valence-corrected chi connectivity index (χ0v) is 18.5. The molecule has 1 amide bonds. The van der Waals surface area contributed by atoms with Crippen LogP contribution in [0.3, 0.4) is 0 Å². The lowest BCUT2D eigenvalue weighted by Gasteiger charge is -2.38. The molecule has 1 aromatic heterocycles. The van der Waals surface area contributed by atoms with Gasteiger partial charge in [-0.3, -0.25) is 4.79 Å². The summed E-state index contributed by atoms with van der Waals surface area (Å²) in [6.45, 7) is -0.474. The number of nitrogens with zero attached hydrogens (tertiary/aromatic N) is 1. The monoisotopic (exact) mass is 463 g/mol. The number of hydrogen-bond donors (Lipinski definition) is 0. The van der Waals surface area contributed by atoms with E-state index < -0.39 is 22.4 Å². The SMILES string of the molecule is O=C(OCC(=O)N(C1CCCCC1)C1CCS(=O)(=O)C1)c1ccc(-c2ccc(F)cc2)o1. The van der Waals surface area contributed by atoms with Crippen molar-refractivity contribution in [1.29, 1.82) is 0 Å². The van der Waals surface area contributed by atoms with E-state index in [1.165, 1.54) is 30.3 Å². The molecule has 1 aliphatic heterocycles. The molecular weight excluding hydrogens is 437 g/mol. The second-order valence-corrected chi connectivity index (χ2v) is 10.6. The van der Waals surface area contributed by atoms with Crippen molar-refractivity contribution >= 4 is 21.7 Å². The van der Waals surface area contributed by atoms with E-state index in [4.69, 9.17) is 9.15 Å². The van der Waals surface area contributed by atoms with Gasteiger partial charge in [-0.1, -0.05) is 19.3 Å². The summed E-state index contributed by atoms with van der Waals surface area (Å²) in [4.78, 5) is 27.1. The van der Waals surface area contributed by atoms with Crippen molar-refractivity contribution in [2.24, 2.45) is 0 Å². The Balaban J connectivity index is 1.41. The Morgan fingerprint density at radius 3 is 2.38 bits per heavy atom. The highest BCUT2D eigenvalue weighted by Crippen LogP contribution is 2.29. The number of carbonyl (C=O) groups excluding carboxylic acids is 2. The molecule has 4 rings (SSSR count). The standard InChI is InChI=1S/C23H26FNO6S/c24-17-8-6-16(7-9-17)20-10-11-21(31-20)23(27)30-14-22(26)25(18-4-2-1-3-5-18)19-12-13-32(28,29)15-19/h6-11,18-19H,1-5,12-15H2. The van der Waals surface area contributed by atoms with Crippen molar-refractivity contribution in [3.8, 4) is 11.3 Å². The quantitative estimate of drug-likeness (QED) is 0.608. The van der Waals surface area contributed by atoms with E-state index in [0.717, 1.165) is 32.1 Å². The Morgan fingerprint density at radius 1 is 1.00 bits per heavy atom. The van der Waals surface area contributed by atoms with Crippen LogP contribution >= 0.6 is 0 Å². The first-order chi connectivity index (χ1) is 15.3. The molecule has 1 aliphatic carbocycles. The number of rotatable bonds is 6. The largest absolute Gasteiger partial charge is 0.450 e. The molecule has 32 heavy (non-hydrogen) atoms. The number of ether oxygens (including phenoxy) is 1. The normalized spacial score (nSPS) is 20.7. The van der Waals surface area contributed by atoms with Crippen molar-refractivity contribution < 1.29 is 31.6 Å². The van der Waals surface area contributed by atoms with E-state index in [0.29, 0.717) is 17.7 Å². The summed E-state index contributed by atoms with van der Waals surface area (Å²) < 4.78 is 47.8. The fraction of sp³-hybridized carbons (Fsp3) is 0.478. The van der Waals surface area contributed by atoms with Gasteiger partial charge in [-0.15, -0.1) is 0 Å². The van der Waals surface area contributed by atoms with Crippen LogP contribution in [0.4, 0.5) is 4.39 Å². The molecule has 1 saturated heterocycles. The smallest absolute Gasteiger partial charge is 0.374 e. The van der Waals surface area contributed by atoms with Crippen LogP contribution in [0.15, 0.2) is 40.8 Å². The fourth-order valence-corrected chi connectivity index (χ4v) is 6.26. The van der Waals surface area contributed by atoms with Gasteiger partial charge >= 0.3 is 5.97 Å². The van der Waals surface area contributed by atoms with Crippen LogP contribution < -0.4 is 0 Å². The topological polar surface area (TPSA) is 93.9 Å². The predicted molar refractivity (Wildman–Crippen MR) is 115 cm³/mol. The van der Waals surface area contributed by atoms with Gasteiger partial charge in [0.05, 0.1) is 11.5 Å². The lowest BCUT2D eigenvalue weighted by atomic mass is 9.93. The van der Waals surface area contributed by atoms with Crippen LogP contribution in [0, 0.1) is 5.82 Å². The van der Waals surface area contributed by atoms with Gasteiger partial charge < -0.3 is 14.1 Å². The van der Waals surface area contributed by atoms with Crippen LogP contribution in [0.25, 0.3) is 11.3 Å². The molecule has 1 unspecified atom stereocenters. The first-order valence-corrected chi connectivity index (χ1v) is 12.7. The molecule has 1 aromatic carbocycles. The van der Waals surface area contributed by atoms with Gasteiger partial charge in [-0.25, -0.2) is 17.6 Å². The first kappa shape index (κ1) is 22.5. The first-order valence-electron chi connectivity index (χ1n) is 10.9. The van der Waals surface area contributed by atoms with Crippen LogP contribution in [0.5, 0.6) is 0 Å². The summed E-state index contributed by atoms with van der Waals surface area (Å²) in [6.07, 6.45) is 5.16. The molecule has 0 N–H and O–H groups in total. The van der Waals surface area contributed by atoms with Gasteiger partial charge in [-0.05, 0) is 55.7 Å². The van der Waals surface area contributed by atoms with Crippen molar-refractivity contribution in [2.75, 3.05) is 18.1 Å². The van der Waals surface area contributed by atoms with E-state index in [1.54, 1.807) is 11.0 Å². The number of hydrogen-bond acceptors (Lipinski definition) is 6. The fourth-order valence-electron chi connectivity index (χ4n) is 4.55. The third kappa shape index (κ3) is 5.20. The van der Waals surface area contributed by atoms with Crippen LogP contribution in [0.1, 0.15) is 49.1 Å². The van der Waals surface area contributed by atoms with E-state index in [1.807, 2.05) is 0 Å². The van der Waals surface area contributed by atoms with Crippen molar-refractivity contribution in [3.05, 3.63) is 48.0 Å². The van der Waals surface area contributed by atoms with Crippen LogP contribution in [-0.4, -0.2) is 55.4 Å². The number of carbonyl (C=O) groups is 2. The van der Waals surface area contributed by atoms with E-state index >= 15 is 0 Å². The summed E-state index contributed by atoms with van der Waals surface area (Å²) >= 11 is 0. The minimum absolute atomic E-state index is 0.0260. The second kappa shape index (κ2) is 9.44. The van der Waals surface area contributed by atoms with Crippen molar-refractivity contribution in [3.63, 3.8) is 0 Å². The zero-order valence-electron chi connectivity index (χ0n) is 17.7. The van der Waals surface area contributed by atoms with Crippen LogP contribution in [0.2, 0.25) is 0 Å². The van der Waals surface area contributed by atoms with Crippen LogP contribution in [-0.2, 0) is 19.4 Å². The molecule has 2 heterocycles. The molecule has 0 spiro atoms. The average molecular weight is 464 g/mol. The zero-order chi connectivity index (χ0) is 22.7. The highest BCUT2D eigenvalue weighted by Gasteiger charge is 2.38. The van der Waals surface area contributed by atoms with Gasteiger partial charge in [-0.2, -0.15) is 0 Å². The number of benzene rings is 1. The molecule has 0 bridgehead atoms. The van der Waals surface area contributed by atoms with Gasteiger partial charge in [0.15, 0.2) is 16.4 Å². The molecule has 2 fully saturated rings. The maximum absolute atomic E-state index is 13.1. The molecule has 9 heteroatoms. The number of furan rings is 1. The molecular formula is C23H26FNO6S. The van der Waals surface area contributed by atoms with Gasteiger partial charge in [0.2, 0.25) is 5.76 Å². The van der Waals surface area contributed by atoms with Crippen molar-refractivity contribution in [1.82, 2.24) is 4.90 Å². The minimum atomic E-state index is -3.15. The third-order valence-electron chi connectivity index (χ3n) is 6.12. The Hall–Kier alpha value is -2.68. The molecule has 1 saturated carbocycles. The predicted octanol–water partition coefficient (Wildman–Crippen LogP) is 3.59.